The molecule has 2 aromatic heterocycles. The fraction of sp³-hybridized carbons (Fsp3) is 0.200. The third-order valence-electron chi connectivity index (χ3n) is 4.61. The Morgan fingerprint density at radius 1 is 1.23 bits per heavy atom. The van der Waals surface area contributed by atoms with Gasteiger partial charge < -0.3 is 5.32 Å². The number of benzene rings is 1. The maximum absolute atomic E-state index is 12.5. The molecule has 4 rings (SSSR count). The van der Waals surface area contributed by atoms with Crippen molar-refractivity contribution in [2.24, 2.45) is 5.92 Å². The Bertz CT molecular complexity index is 945. The normalized spacial score (nSPS) is 19.3. The number of rotatable bonds is 5. The van der Waals surface area contributed by atoms with E-state index >= 15 is 0 Å². The Labute approximate surface area is 151 Å². The number of nitrogens with zero attached hydrogens (tertiary/aromatic N) is 4. The van der Waals surface area contributed by atoms with Crippen molar-refractivity contribution in [3.05, 3.63) is 78.4 Å². The topological polar surface area (TPSA) is 83.6 Å². The van der Waals surface area contributed by atoms with Crippen LogP contribution in [0.1, 0.15) is 29.5 Å². The van der Waals surface area contributed by atoms with Gasteiger partial charge >= 0.3 is 0 Å². The molecule has 1 aromatic carbocycles. The summed E-state index contributed by atoms with van der Waals surface area (Å²) >= 11 is 0. The molecule has 6 nitrogen and oxygen atoms in total. The lowest BCUT2D eigenvalue weighted by Crippen LogP contribution is -2.29. The van der Waals surface area contributed by atoms with E-state index in [0.717, 1.165) is 17.7 Å². The number of carbonyl (C=O) groups excluding carboxylic acids is 1. The van der Waals surface area contributed by atoms with Crippen LogP contribution in [0.25, 0.3) is 5.69 Å². The van der Waals surface area contributed by atoms with Crippen LogP contribution in [0.4, 0.5) is 0 Å². The number of aromatic nitrogens is 3. The van der Waals surface area contributed by atoms with Crippen LogP contribution < -0.4 is 5.32 Å². The summed E-state index contributed by atoms with van der Waals surface area (Å²) in [5.74, 6) is -0.00725. The second-order valence-corrected chi connectivity index (χ2v) is 6.36. The van der Waals surface area contributed by atoms with Crippen LogP contribution in [0.3, 0.4) is 0 Å². The molecular formula is C20H17N5O. The second kappa shape index (κ2) is 6.81. The van der Waals surface area contributed by atoms with Gasteiger partial charge in [-0.1, -0.05) is 24.3 Å². The Hall–Kier alpha value is -3.46. The smallest absolute Gasteiger partial charge is 0.225 e. The van der Waals surface area contributed by atoms with E-state index in [9.17, 15) is 10.1 Å². The predicted molar refractivity (Wildman–Crippen MR) is 95.1 cm³/mol. The van der Waals surface area contributed by atoms with E-state index in [4.69, 9.17) is 0 Å². The average Bonchev–Trinajstić information content (AvgIpc) is 3.36. The molecular weight excluding hydrogens is 326 g/mol. The predicted octanol–water partition coefficient (Wildman–Crippen LogP) is 2.75. The largest absolute Gasteiger partial charge is 0.336 e. The van der Waals surface area contributed by atoms with Gasteiger partial charge in [0, 0.05) is 30.1 Å². The number of nitrogens with one attached hydrogen (secondary N) is 1. The molecule has 1 aliphatic rings. The standard InChI is InChI=1S/C20H17N5O/c21-10-19(15-12-23-25(13-15)16-6-2-1-3-7-16)24-20(26)18-9-17(18)14-5-4-8-22-11-14/h1-8,11-13,17-19H,9H2,(H,24,26)/t17-,18-,19-/m0/s1. The zero-order valence-corrected chi connectivity index (χ0v) is 14.0. The summed E-state index contributed by atoms with van der Waals surface area (Å²) in [6.45, 7) is 0. The maximum Gasteiger partial charge on any atom is 0.225 e. The summed E-state index contributed by atoms with van der Waals surface area (Å²) in [4.78, 5) is 16.6. The number of nitriles is 1. The van der Waals surface area contributed by atoms with Crippen molar-refractivity contribution < 1.29 is 4.79 Å². The summed E-state index contributed by atoms with van der Waals surface area (Å²) in [6, 6.07) is 14.9. The van der Waals surface area contributed by atoms with E-state index in [2.05, 4.69) is 21.5 Å². The molecule has 1 amide bonds. The third kappa shape index (κ3) is 3.20. The Morgan fingerprint density at radius 3 is 2.81 bits per heavy atom. The minimum absolute atomic E-state index is 0.0979. The van der Waals surface area contributed by atoms with Crippen molar-refractivity contribution in [2.75, 3.05) is 0 Å². The number of pyridine rings is 1. The molecule has 0 unspecified atom stereocenters. The van der Waals surface area contributed by atoms with E-state index in [1.807, 2.05) is 42.5 Å². The zero-order chi connectivity index (χ0) is 17.9. The van der Waals surface area contributed by atoms with Gasteiger partial charge in [-0.25, -0.2) is 4.68 Å². The van der Waals surface area contributed by atoms with Gasteiger partial charge in [-0.05, 0) is 36.1 Å². The number of para-hydroxylation sites is 1. The lowest BCUT2D eigenvalue weighted by atomic mass is 10.1. The van der Waals surface area contributed by atoms with E-state index in [1.54, 1.807) is 29.5 Å². The fourth-order valence-corrected chi connectivity index (χ4v) is 3.10. The zero-order valence-electron chi connectivity index (χ0n) is 14.0. The highest BCUT2D eigenvalue weighted by Gasteiger charge is 2.44. The summed E-state index contributed by atoms with van der Waals surface area (Å²) < 4.78 is 1.70. The van der Waals surface area contributed by atoms with E-state index in [-0.39, 0.29) is 17.7 Å². The molecule has 0 saturated heterocycles. The highest BCUT2D eigenvalue weighted by Crippen LogP contribution is 2.47. The molecule has 2 heterocycles. The number of hydrogen-bond donors (Lipinski definition) is 1. The summed E-state index contributed by atoms with van der Waals surface area (Å²) in [5, 5.41) is 16.6. The van der Waals surface area contributed by atoms with E-state index < -0.39 is 6.04 Å². The van der Waals surface area contributed by atoms with Crippen LogP contribution in [0.5, 0.6) is 0 Å². The maximum atomic E-state index is 12.5. The first-order valence-corrected chi connectivity index (χ1v) is 8.46. The molecule has 3 atom stereocenters. The third-order valence-corrected chi connectivity index (χ3v) is 4.61. The molecule has 1 aliphatic carbocycles. The first-order valence-electron chi connectivity index (χ1n) is 8.46. The van der Waals surface area contributed by atoms with E-state index in [0.29, 0.717) is 5.56 Å². The van der Waals surface area contributed by atoms with E-state index in [1.165, 1.54) is 0 Å². The van der Waals surface area contributed by atoms with Gasteiger partial charge in [0.15, 0.2) is 0 Å². The van der Waals surface area contributed by atoms with Crippen LogP contribution in [0.15, 0.2) is 67.3 Å². The second-order valence-electron chi connectivity index (χ2n) is 6.36. The molecule has 26 heavy (non-hydrogen) atoms. The monoisotopic (exact) mass is 343 g/mol. The van der Waals surface area contributed by atoms with Crippen molar-refractivity contribution >= 4 is 5.91 Å². The minimum Gasteiger partial charge on any atom is -0.336 e. The van der Waals surface area contributed by atoms with Gasteiger partial charge in [0.25, 0.3) is 0 Å². The van der Waals surface area contributed by atoms with Crippen molar-refractivity contribution in [1.82, 2.24) is 20.1 Å². The molecule has 0 bridgehead atoms. The van der Waals surface area contributed by atoms with Crippen LogP contribution in [0, 0.1) is 17.2 Å². The summed E-state index contributed by atoms with van der Waals surface area (Å²) in [7, 11) is 0. The van der Waals surface area contributed by atoms with Crippen molar-refractivity contribution in [2.45, 2.75) is 18.4 Å². The number of carbonyl (C=O) groups is 1. The van der Waals surface area contributed by atoms with Gasteiger partial charge in [0.1, 0.15) is 6.04 Å². The molecule has 1 N–H and O–H groups in total. The minimum atomic E-state index is -0.713. The highest BCUT2D eigenvalue weighted by molar-refractivity contribution is 5.83. The molecule has 0 radical (unpaired) electrons. The SMILES string of the molecule is N#C[C@H](NC(=O)[C@H]1C[C@H]1c1cccnc1)c1cnn(-c2ccccc2)c1. The van der Waals surface area contributed by atoms with Gasteiger partial charge in [-0.15, -0.1) is 0 Å². The molecule has 3 aromatic rings. The van der Waals surface area contributed by atoms with Crippen LogP contribution in [0.2, 0.25) is 0 Å². The molecule has 1 saturated carbocycles. The van der Waals surface area contributed by atoms with Crippen molar-refractivity contribution in [1.29, 1.82) is 5.26 Å². The van der Waals surface area contributed by atoms with Gasteiger partial charge in [-0.2, -0.15) is 10.4 Å². The number of amides is 1. The molecule has 0 aliphatic heterocycles. The number of hydrogen-bond acceptors (Lipinski definition) is 4. The van der Waals surface area contributed by atoms with Crippen molar-refractivity contribution in [3.8, 4) is 11.8 Å². The lowest BCUT2D eigenvalue weighted by Gasteiger charge is -2.09. The Morgan fingerprint density at radius 2 is 2.08 bits per heavy atom. The first-order chi connectivity index (χ1) is 12.8. The van der Waals surface area contributed by atoms with Crippen LogP contribution in [-0.2, 0) is 4.79 Å². The van der Waals surface area contributed by atoms with Crippen LogP contribution >= 0.6 is 0 Å². The van der Waals surface area contributed by atoms with Gasteiger partial charge in [0.2, 0.25) is 5.91 Å². The summed E-state index contributed by atoms with van der Waals surface area (Å²) in [6.07, 6.45) is 7.70. The lowest BCUT2D eigenvalue weighted by molar-refractivity contribution is -0.122. The molecule has 128 valence electrons. The quantitative estimate of drug-likeness (QED) is 0.772. The highest BCUT2D eigenvalue weighted by atomic mass is 16.2. The van der Waals surface area contributed by atoms with Gasteiger partial charge in [0.05, 0.1) is 18.0 Å². The van der Waals surface area contributed by atoms with Crippen molar-refractivity contribution in [3.63, 3.8) is 0 Å². The average molecular weight is 343 g/mol. The molecule has 0 spiro atoms. The fourth-order valence-electron chi connectivity index (χ4n) is 3.10. The molecule has 1 fully saturated rings. The summed E-state index contributed by atoms with van der Waals surface area (Å²) in [5.41, 5.74) is 2.64. The Kier molecular flexibility index (Phi) is 4.20. The van der Waals surface area contributed by atoms with Crippen LogP contribution in [-0.4, -0.2) is 20.7 Å². The van der Waals surface area contributed by atoms with Gasteiger partial charge in [-0.3, -0.25) is 9.78 Å². The Balaban J connectivity index is 1.43. The first kappa shape index (κ1) is 16.0. The molecule has 6 heteroatoms.